The minimum atomic E-state index is 0.597. The topological polar surface area (TPSA) is 41.3 Å². The highest BCUT2D eigenvalue weighted by molar-refractivity contribution is 5.40. The van der Waals surface area contributed by atoms with E-state index in [1.54, 1.807) is 0 Å². The number of nitrogens with zero attached hydrogens (tertiary/aromatic N) is 1. The smallest absolute Gasteiger partial charge is 0.0317 e. The molecule has 3 nitrogen and oxygen atoms in total. The van der Waals surface area contributed by atoms with E-state index in [2.05, 4.69) is 29.3 Å². The molecule has 82 valence electrons. The van der Waals surface area contributed by atoms with Crippen LogP contribution in [0.15, 0.2) is 24.3 Å². The molecule has 1 aromatic carbocycles. The van der Waals surface area contributed by atoms with Gasteiger partial charge in [0, 0.05) is 37.9 Å². The maximum absolute atomic E-state index is 5.76. The number of nitrogens with two attached hydrogens (primary N) is 1. The molecular weight excluding hydrogens is 186 g/mol. The molecule has 1 fully saturated rings. The Morgan fingerprint density at radius 3 is 3.13 bits per heavy atom. The lowest BCUT2D eigenvalue weighted by Gasteiger charge is -2.31. The Kier molecular flexibility index (Phi) is 3.23. The molecule has 3 heteroatoms. The van der Waals surface area contributed by atoms with Crippen LogP contribution >= 0.6 is 0 Å². The van der Waals surface area contributed by atoms with Crippen molar-refractivity contribution in [1.29, 1.82) is 0 Å². The van der Waals surface area contributed by atoms with Crippen molar-refractivity contribution in [3.63, 3.8) is 0 Å². The summed E-state index contributed by atoms with van der Waals surface area (Å²) in [5.41, 5.74) is 7.93. The lowest BCUT2D eigenvalue weighted by atomic mass is 10.1. The van der Waals surface area contributed by atoms with E-state index < -0.39 is 0 Å². The van der Waals surface area contributed by atoms with Gasteiger partial charge in [0.15, 0.2) is 0 Å². The van der Waals surface area contributed by atoms with Gasteiger partial charge in [-0.3, -0.25) is 4.90 Å². The zero-order chi connectivity index (χ0) is 10.7. The SMILES string of the molecule is CC1CN(Cc2cccc(N)c2)CCN1. The highest BCUT2D eigenvalue weighted by Gasteiger charge is 2.15. The molecule has 0 spiro atoms. The number of nitrogen functional groups attached to an aromatic ring is 1. The fourth-order valence-electron chi connectivity index (χ4n) is 2.11. The van der Waals surface area contributed by atoms with E-state index >= 15 is 0 Å². The van der Waals surface area contributed by atoms with Crippen LogP contribution in [0.5, 0.6) is 0 Å². The minimum Gasteiger partial charge on any atom is -0.399 e. The fraction of sp³-hybridized carbons (Fsp3) is 0.500. The van der Waals surface area contributed by atoms with Crippen LogP contribution < -0.4 is 11.1 Å². The first-order valence-electron chi connectivity index (χ1n) is 5.54. The van der Waals surface area contributed by atoms with Gasteiger partial charge >= 0.3 is 0 Å². The van der Waals surface area contributed by atoms with E-state index in [0.717, 1.165) is 31.9 Å². The Balaban J connectivity index is 1.96. The summed E-state index contributed by atoms with van der Waals surface area (Å²) in [5.74, 6) is 0. The van der Waals surface area contributed by atoms with Crippen LogP contribution in [-0.2, 0) is 6.54 Å². The highest BCUT2D eigenvalue weighted by atomic mass is 15.2. The van der Waals surface area contributed by atoms with Gasteiger partial charge in [-0.2, -0.15) is 0 Å². The first-order valence-corrected chi connectivity index (χ1v) is 5.54. The van der Waals surface area contributed by atoms with E-state index in [1.807, 2.05) is 12.1 Å². The van der Waals surface area contributed by atoms with Gasteiger partial charge in [-0.15, -0.1) is 0 Å². The summed E-state index contributed by atoms with van der Waals surface area (Å²) in [7, 11) is 0. The van der Waals surface area contributed by atoms with E-state index in [0.29, 0.717) is 6.04 Å². The minimum absolute atomic E-state index is 0.597. The molecule has 1 heterocycles. The Morgan fingerprint density at radius 1 is 1.53 bits per heavy atom. The van der Waals surface area contributed by atoms with Crippen molar-refractivity contribution >= 4 is 5.69 Å². The lowest BCUT2D eigenvalue weighted by Crippen LogP contribution is -2.48. The molecule has 0 saturated carbocycles. The third kappa shape index (κ3) is 2.94. The molecule has 0 amide bonds. The first kappa shape index (κ1) is 10.5. The monoisotopic (exact) mass is 205 g/mol. The van der Waals surface area contributed by atoms with Crippen LogP contribution in [0.2, 0.25) is 0 Å². The molecule has 1 aromatic rings. The molecule has 2 rings (SSSR count). The van der Waals surface area contributed by atoms with E-state index in [1.165, 1.54) is 5.56 Å². The van der Waals surface area contributed by atoms with Crippen molar-refractivity contribution in [3.05, 3.63) is 29.8 Å². The van der Waals surface area contributed by atoms with Crippen molar-refractivity contribution in [3.8, 4) is 0 Å². The zero-order valence-electron chi connectivity index (χ0n) is 9.24. The van der Waals surface area contributed by atoms with Gasteiger partial charge in [0.25, 0.3) is 0 Å². The quantitative estimate of drug-likeness (QED) is 0.709. The molecule has 1 aliphatic heterocycles. The second-order valence-electron chi connectivity index (χ2n) is 4.34. The molecule has 0 radical (unpaired) electrons. The second-order valence-corrected chi connectivity index (χ2v) is 4.34. The summed E-state index contributed by atoms with van der Waals surface area (Å²) < 4.78 is 0. The standard InChI is InChI=1S/C12H19N3/c1-10-8-15(6-5-14-10)9-11-3-2-4-12(13)7-11/h2-4,7,10,14H,5-6,8-9,13H2,1H3. The van der Waals surface area contributed by atoms with Gasteiger partial charge in [0.05, 0.1) is 0 Å². The Morgan fingerprint density at radius 2 is 2.40 bits per heavy atom. The van der Waals surface area contributed by atoms with Crippen LogP contribution in [0.1, 0.15) is 12.5 Å². The van der Waals surface area contributed by atoms with Gasteiger partial charge in [-0.25, -0.2) is 0 Å². The third-order valence-electron chi connectivity index (χ3n) is 2.81. The van der Waals surface area contributed by atoms with Crippen LogP contribution in [0.25, 0.3) is 0 Å². The van der Waals surface area contributed by atoms with Crippen molar-refractivity contribution in [2.75, 3.05) is 25.4 Å². The molecule has 0 bridgehead atoms. The molecular formula is C12H19N3. The summed E-state index contributed by atoms with van der Waals surface area (Å²) in [6.07, 6.45) is 0. The van der Waals surface area contributed by atoms with Gasteiger partial charge in [0.1, 0.15) is 0 Å². The third-order valence-corrected chi connectivity index (χ3v) is 2.81. The van der Waals surface area contributed by atoms with Crippen LogP contribution in [0, 0.1) is 0 Å². The van der Waals surface area contributed by atoms with Crippen molar-refractivity contribution in [1.82, 2.24) is 10.2 Å². The lowest BCUT2D eigenvalue weighted by molar-refractivity contribution is 0.199. The Hall–Kier alpha value is -1.06. The normalized spacial score (nSPS) is 22.9. The van der Waals surface area contributed by atoms with E-state index in [4.69, 9.17) is 5.73 Å². The molecule has 1 aliphatic rings. The van der Waals surface area contributed by atoms with E-state index in [9.17, 15) is 0 Å². The average Bonchev–Trinajstić information content (AvgIpc) is 2.17. The number of rotatable bonds is 2. The second kappa shape index (κ2) is 4.64. The number of hydrogen-bond acceptors (Lipinski definition) is 3. The van der Waals surface area contributed by atoms with Crippen LogP contribution in [-0.4, -0.2) is 30.6 Å². The molecule has 15 heavy (non-hydrogen) atoms. The Labute approximate surface area is 91.3 Å². The number of nitrogens with one attached hydrogen (secondary N) is 1. The number of hydrogen-bond donors (Lipinski definition) is 2. The highest BCUT2D eigenvalue weighted by Crippen LogP contribution is 2.10. The average molecular weight is 205 g/mol. The van der Waals surface area contributed by atoms with Crippen molar-refractivity contribution in [2.45, 2.75) is 19.5 Å². The predicted molar refractivity (Wildman–Crippen MR) is 63.6 cm³/mol. The molecule has 0 aromatic heterocycles. The van der Waals surface area contributed by atoms with Gasteiger partial charge in [-0.05, 0) is 24.6 Å². The predicted octanol–water partition coefficient (Wildman–Crippen LogP) is 1.06. The Bertz CT molecular complexity index is 324. The summed E-state index contributed by atoms with van der Waals surface area (Å²) >= 11 is 0. The maximum Gasteiger partial charge on any atom is 0.0317 e. The number of benzene rings is 1. The van der Waals surface area contributed by atoms with Gasteiger partial charge < -0.3 is 11.1 Å². The first-order chi connectivity index (χ1) is 7.24. The van der Waals surface area contributed by atoms with Crippen LogP contribution in [0.4, 0.5) is 5.69 Å². The van der Waals surface area contributed by atoms with Gasteiger partial charge in [0.2, 0.25) is 0 Å². The molecule has 0 aliphatic carbocycles. The largest absolute Gasteiger partial charge is 0.399 e. The van der Waals surface area contributed by atoms with Crippen molar-refractivity contribution < 1.29 is 0 Å². The summed E-state index contributed by atoms with van der Waals surface area (Å²) in [6, 6.07) is 8.76. The summed E-state index contributed by atoms with van der Waals surface area (Å²) in [4.78, 5) is 2.47. The van der Waals surface area contributed by atoms with Gasteiger partial charge in [-0.1, -0.05) is 12.1 Å². The molecule has 3 N–H and O–H groups in total. The van der Waals surface area contributed by atoms with E-state index in [-0.39, 0.29) is 0 Å². The molecule has 1 unspecified atom stereocenters. The summed E-state index contributed by atoms with van der Waals surface area (Å²) in [6.45, 7) is 6.57. The number of anilines is 1. The summed E-state index contributed by atoms with van der Waals surface area (Å²) in [5, 5.41) is 3.44. The molecule has 1 atom stereocenters. The van der Waals surface area contributed by atoms with Crippen molar-refractivity contribution in [2.24, 2.45) is 0 Å². The maximum atomic E-state index is 5.76. The van der Waals surface area contributed by atoms with Crippen LogP contribution in [0.3, 0.4) is 0 Å². The zero-order valence-corrected chi connectivity index (χ0v) is 9.24. The number of piperazine rings is 1. The fourth-order valence-corrected chi connectivity index (χ4v) is 2.11. The molecule has 1 saturated heterocycles.